The lowest BCUT2D eigenvalue weighted by molar-refractivity contribution is 0.583. The first-order valence-corrected chi connectivity index (χ1v) is 5.63. The van der Waals surface area contributed by atoms with Gasteiger partial charge in [-0.05, 0) is 24.1 Å². The molecule has 0 aromatic heterocycles. The van der Waals surface area contributed by atoms with E-state index in [0.717, 1.165) is 23.9 Å². The van der Waals surface area contributed by atoms with Crippen molar-refractivity contribution in [2.45, 2.75) is 6.42 Å². The number of nitrogens with zero attached hydrogens (tertiary/aromatic N) is 2. The zero-order valence-electron chi connectivity index (χ0n) is 10.4. The quantitative estimate of drug-likeness (QED) is 0.505. The maximum atomic E-state index is 5.91. The third-order valence-corrected chi connectivity index (χ3v) is 2.46. The number of halogens is 2. The van der Waals surface area contributed by atoms with Gasteiger partial charge in [0.05, 0.1) is 0 Å². The maximum Gasteiger partial charge on any atom is 0.193 e. The van der Waals surface area contributed by atoms with Gasteiger partial charge in [0.2, 0.25) is 0 Å². The van der Waals surface area contributed by atoms with Crippen LogP contribution in [-0.4, -0.2) is 38.5 Å². The van der Waals surface area contributed by atoms with Crippen LogP contribution in [0.1, 0.15) is 5.56 Å². The van der Waals surface area contributed by atoms with Gasteiger partial charge in [0.1, 0.15) is 0 Å². The summed E-state index contributed by atoms with van der Waals surface area (Å²) in [5.74, 6) is 0.891. The van der Waals surface area contributed by atoms with Crippen LogP contribution in [0.3, 0.4) is 0 Å². The number of guanidine groups is 1. The topological polar surface area (TPSA) is 27.6 Å². The molecular formula is C12H19ClIN3. The lowest BCUT2D eigenvalue weighted by Crippen LogP contribution is -2.37. The number of aliphatic imine (C=N–C) groups is 1. The highest BCUT2D eigenvalue weighted by Crippen LogP contribution is 2.10. The van der Waals surface area contributed by atoms with Crippen molar-refractivity contribution >= 4 is 41.5 Å². The molecule has 0 amide bonds. The Morgan fingerprint density at radius 3 is 2.65 bits per heavy atom. The first-order chi connectivity index (χ1) is 7.63. The van der Waals surface area contributed by atoms with Crippen molar-refractivity contribution in [3.63, 3.8) is 0 Å². The third-order valence-electron chi connectivity index (χ3n) is 2.22. The summed E-state index contributed by atoms with van der Waals surface area (Å²) in [6.07, 6.45) is 0.938. The average Bonchev–Trinajstić information content (AvgIpc) is 2.24. The molecule has 0 saturated heterocycles. The Morgan fingerprint density at radius 2 is 2.12 bits per heavy atom. The Bertz CT molecular complexity index is 367. The van der Waals surface area contributed by atoms with E-state index in [-0.39, 0.29) is 24.0 Å². The Kier molecular flexibility index (Phi) is 8.33. The highest BCUT2D eigenvalue weighted by molar-refractivity contribution is 14.0. The molecule has 0 heterocycles. The van der Waals surface area contributed by atoms with Crippen molar-refractivity contribution in [2.24, 2.45) is 4.99 Å². The van der Waals surface area contributed by atoms with E-state index in [2.05, 4.69) is 16.4 Å². The molecule has 0 saturated carbocycles. The van der Waals surface area contributed by atoms with Crippen molar-refractivity contribution < 1.29 is 0 Å². The predicted molar refractivity (Wildman–Crippen MR) is 85.6 cm³/mol. The Hall–Kier alpha value is -0.490. The van der Waals surface area contributed by atoms with Gasteiger partial charge in [-0.15, -0.1) is 24.0 Å². The van der Waals surface area contributed by atoms with Gasteiger partial charge < -0.3 is 10.2 Å². The van der Waals surface area contributed by atoms with Crippen molar-refractivity contribution in [3.05, 3.63) is 34.9 Å². The van der Waals surface area contributed by atoms with Gasteiger partial charge in [-0.3, -0.25) is 4.99 Å². The molecule has 1 aromatic rings. The minimum Gasteiger partial charge on any atom is -0.356 e. The molecule has 17 heavy (non-hydrogen) atoms. The summed E-state index contributed by atoms with van der Waals surface area (Å²) in [4.78, 5) is 6.10. The van der Waals surface area contributed by atoms with Crippen LogP contribution in [-0.2, 0) is 6.42 Å². The van der Waals surface area contributed by atoms with E-state index in [1.807, 2.05) is 37.2 Å². The van der Waals surface area contributed by atoms with Crippen LogP contribution in [0.5, 0.6) is 0 Å². The second-order valence-electron chi connectivity index (χ2n) is 3.75. The molecular weight excluding hydrogens is 349 g/mol. The van der Waals surface area contributed by atoms with E-state index in [1.165, 1.54) is 5.56 Å². The van der Waals surface area contributed by atoms with Crippen molar-refractivity contribution in [1.82, 2.24) is 10.2 Å². The summed E-state index contributed by atoms with van der Waals surface area (Å²) in [7, 11) is 5.71. The fraction of sp³-hybridized carbons (Fsp3) is 0.417. The van der Waals surface area contributed by atoms with Crippen LogP contribution in [0.15, 0.2) is 29.3 Å². The molecule has 1 N–H and O–H groups in total. The van der Waals surface area contributed by atoms with E-state index in [9.17, 15) is 0 Å². The number of rotatable bonds is 3. The molecule has 0 unspecified atom stereocenters. The van der Waals surface area contributed by atoms with Gasteiger partial charge in [-0.1, -0.05) is 23.7 Å². The Balaban J connectivity index is 0.00000256. The molecule has 0 aliphatic rings. The minimum absolute atomic E-state index is 0. The molecule has 3 nitrogen and oxygen atoms in total. The number of hydrogen-bond donors (Lipinski definition) is 1. The second-order valence-corrected chi connectivity index (χ2v) is 4.18. The molecule has 5 heteroatoms. The van der Waals surface area contributed by atoms with Crippen LogP contribution in [0.2, 0.25) is 5.02 Å². The molecule has 0 bridgehead atoms. The number of benzene rings is 1. The zero-order chi connectivity index (χ0) is 12.0. The summed E-state index contributed by atoms with van der Waals surface area (Å²) in [5.41, 5.74) is 1.23. The van der Waals surface area contributed by atoms with Crippen molar-refractivity contribution in [3.8, 4) is 0 Å². The third kappa shape index (κ3) is 6.12. The summed E-state index contributed by atoms with van der Waals surface area (Å²) in [5, 5.41) is 4.06. The molecule has 0 aliphatic heterocycles. The molecule has 0 spiro atoms. The molecule has 1 rings (SSSR count). The second kappa shape index (κ2) is 8.58. The molecule has 1 aromatic carbocycles. The van der Waals surface area contributed by atoms with E-state index in [1.54, 1.807) is 7.05 Å². The molecule has 0 atom stereocenters. The normalized spacial score (nSPS) is 10.7. The van der Waals surface area contributed by atoms with Crippen LogP contribution in [0, 0.1) is 0 Å². The van der Waals surface area contributed by atoms with Gasteiger partial charge in [0.15, 0.2) is 5.96 Å². The van der Waals surface area contributed by atoms with Crippen molar-refractivity contribution in [2.75, 3.05) is 27.7 Å². The summed E-state index contributed by atoms with van der Waals surface area (Å²) >= 11 is 5.91. The summed E-state index contributed by atoms with van der Waals surface area (Å²) in [6, 6.07) is 7.92. The zero-order valence-corrected chi connectivity index (χ0v) is 13.5. The van der Waals surface area contributed by atoms with Gasteiger partial charge in [-0.25, -0.2) is 0 Å². The minimum atomic E-state index is 0. The lowest BCUT2D eigenvalue weighted by atomic mass is 10.1. The molecule has 96 valence electrons. The van der Waals surface area contributed by atoms with Crippen molar-refractivity contribution in [1.29, 1.82) is 0 Å². The molecule has 0 fully saturated rings. The van der Waals surface area contributed by atoms with Gasteiger partial charge in [0.25, 0.3) is 0 Å². The Morgan fingerprint density at radius 1 is 1.41 bits per heavy atom. The number of nitrogens with one attached hydrogen (secondary N) is 1. The van der Waals surface area contributed by atoms with E-state index in [4.69, 9.17) is 11.6 Å². The van der Waals surface area contributed by atoms with Crippen LogP contribution in [0.4, 0.5) is 0 Å². The van der Waals surface area contributed by atoms with E-state index < -0.39 is 0 Å². The predicted octanol–water partition coefficient (Wildman–Crippen LogP) is 2.64. The smallest absolute Gasteiger partial charge is 0.193 e. The van der Waals surface area contributed by atoms with E-state index >= 15 is 0 Å². The van der Waals surface area contributed by atoms with Crippen LogP contribution >= 0.6 is 35.6 Å². The van der Waals surface area contributed by atoms with Crippen LogP contribution < -0.4 is 5.32 Å². The van der Waals surface area contributed by atoms with Gasteiger partial charge >= 0.3 is 0 Å². The van der Waals surface area contributed by atoms with E-state index in [0.29, 0.717) is 0 Å². The van der Waals surface area contributed by atoms with Crippen LogP contribution in [0.25, 0.3) is 0 Å². The first kappa shape index (κ1) is 16.5. The lowest BCUT2D eigenvalue weighted by Gasteiger charge is -2.16. The monoisotopic (exact) mass is 367 g/mol. The fourth-order valence-corrected chi connectivity index (χ4v) is 1.66. The standard InChI is InChI=1S/C12H18ClN3.HI/c1-14-12(16(2)3)15-8-7-10-5-4-6-11(13)9-10;/h4-6,9H,7-8H2,1-3H3,(H,14,15);1H. The Labute approximate surface area is 125 Å². The average molecular weight is 368 g/mol. The summed E-state index contributed by atoms with van der Waals surface area (Å²) < 4.78 is 0. The SMILES string of the molecule is CN=C(NCCc1cccc(Cl)c1)N(C)C.I. The fourth-order valence-electron chi connectivity index (χ4n) is 1.45. The molecule has 0 aliphatic carbocycles. The van der Waals surface area contributed by atoms with Gasteiger partial charge in [-0.2, -0.15) is 0 Å². The largest absolute Gasteiger partial charge is 0.356 e. The number of hydrogen-bond acceptors (Lipinski definition) is 1. The maximum absolute atomic E-state index is 5.91. The highest BCUT2D eigenvalue weighted by Gasteiger charge is 1.99. The molecule has 0 radical (unpaired) electrons. The highest BCUT2D eigenvalue weighted by atomic mass is 127. The first-order valence-electron chi connectivity index (χ1n) is 5.26. The van der Waals surface area contributed by atoms with Gasteiger partial charge in [0, 0.05) is 32.7 Å². The summed E-state index contributed by atoms with van der Waals surface area (Å²) in [6.45, 7) is 0.852.